The lowest BCUT2D eigenvalue weighted by atomic mass is 10.2. The number of nitrogens with zero attached hydrogens (tertiary/aromatic N) is 3. The number of phenols is 1. The molecule has 2 N–H and O–H groups in total. The molecule has 2 heterocycles. The molecular formula is C29H26N4O3S. The highest BCUT2D eigenvalue weighted by molar-refractivity contribution is 7.99. The second-order valence-electron chi connectivity index (χ2n) is 8.63. The first kappa shape index (κ1) is 24.4. The predicted octanol–water partition coefficient (Wildman–Crippen LogP) is 6.01. The van der Waals surface area contributed by atoms with Gasteiger partial charge in [-0.2, -0.15) is 0 Å². The van der Waals surface area contributed by atoms with E-state index in [0.29, 0.717) is 17.9 Å². The maximum absolute atomic E-state index is 13.4. The number of rotatable bonds is 7. The van der Waals surface area contributed by atoms with E-state index in [9.17, 15) is 14.7 Å². The van der Waals surface area contributed by atoms with E-state index >= 15 is 0 Å². The van der Waals surface area contributed by atoms with Gasteiger partial charge in [-0.1, -0.05) is 36.9 Å². The molecule has 0 saturated carbocycles. The van der Waals surface area contributed by atoms with Gasteiger partial charge in [0.1, 0.15) is 11.3 Å². The Morgan fingerprint density at radius 2 is 1.78 bits per heavy atom. The summed E-state index contributed by atoms with van der Waals surface area (Å²) < 4.78 is 3.44. The van der Waals surface area contributed by atoms with E-state index in [2.05, 4.69) is 10.3 Å². The van der Waals surface area contributed by atoms with Gasteiger partial charge >= 0.3 is 0 Å². The molecule has 37 heavy (non-hydrogen) atoms. The molecule has 7 nitrogen and oxygen atoms in total. The third-order valence-corrected chi connectivity index (χ3v) is 7.17. The van der Waals surface area contributed by atoms with Gasteiger partial charge in [-0.3, -0.25) is 19.3 Å². The molecule has 0 fully saturated rings. The number of aromatic nitrogens is 3. The molecule has 0 aliphatic heterocycles. The first-order valence-electron chi connectivity index (χ1n) is 12.0. The summed E-state index contributed by atoms with van der Waals surface area (Å²) in [5.74, 6) is -0.250. The summed E-state index contributed by atoms with van der Waals surface area (Å²) in [6.45, 7) is 4.47. The van der Waals surface area contributed by atoms with E-state index in [4.69, 9.17) is 0 Å². The number of hydrogen-bond acceptors (Lipinski definition) is 5. The SMILES string of the molecule is CCCn1c(C)c(C(=O)Nc2ccc(Sc3ccnc4cc(O)ccc34)cc2)c(=O)n1-c1ccccc1. The monoisotopic (exact) mass is 510 g/mol. The number of aromatic hydroxyl groups is 1. The number of para-hydroxylation sites is 1. The Labute approximate surface area is 218 Å². The van der Waals surface area contributed by atoms with Crippen LogP contribution >= 0.6 is 11.8 Å². The van der Waals surface area contributed by atoms with E-state index in [-0.39, 0.29) is 16.9 Å². The second-order valence-corrected chi connectivity index (χ2v) is 9.74. The van der Waals surface area contributed by atoms with Crippen molar-refractivity contribution in [2.45, 2.75) is 36.6 Å². The average molecular weight is 511 g/mol. The van der Waals surface area contributed by atoms with Crippen LogP contribution in [0.4, 0.5) is 5.69 Å². The topological polar surface area (TPSA) is 89.2 Å². The van der Waals surface area contributed by atoms with Crippen molar-refractivity contribution >= 4 is 34.3 Å². The van der Waals surface area contributed by atoms with E-state index in [1.807, 2.05) is 85.3 Å². The fraction of sp³-hybridized carbons (Fsp3) is 0.138. The van der Waals surface area contributed by atoms with Gasteiger partial charge in [0.2, 0.25) is 0 Å². The van der Waals surface area contributed by atoms with Crippen LogP contribution in [0.15, 0.2) is 99.6 Å². The van der Waals surface area contributed by atoms with Crippen LogP contribution in [0, 0.1) is 6.92 Å². The van der Waals surface area contributed by atoms with Crippen LogP contribution in [0.2, 0.25) is 0 Å². The van der Waals surface area contributed by atoms with Crippen LogP contribution in [0.25, 0.3) is 16.6 Å². The van der Waals surface area contributed by atoms with Gasteiger partial charge in [0.15, 0.2) is 0 Å². The fourth-order valence-corrected chi connectivity index (χ4v) is 5.28. The van der Waals surface area contributed by atoms with E-state index in [1.165, 1.54) is 0 Å². The zero-order valence-electron chi connectivity index (χ0n) is 20.5. The Balaban J connectivity index is 1.38. The van der Waals surface area contributed by atoms with Gasteiger partial charge in [0, 0.05) is 39.7 Å². The van der Waals surface area contributed by atoms with Gasteiger partial charge in [0.25, 0.3) is 11.5 Å². The molecule has 186 valence electrons. The second kappa shape index (κ2) is 10.4. The van der Waals surface area contributed by atoms with Crippen molar-refractivity contribution in [2.24, 2.45) is 0 Å². The van der Waals surface area contributed by atoms with Gasteiger partial charge in [-0.25, -0.2) is 4.68 Å². The maximum atomic E-state index is 13.4. The molecule has 5 aromatic rings. The molecule has 2 aromatic heterocycles. The number of phenolic OH excluding ortho intramolecular Hbond substituents is 1. The Kier molecular flexibility index (Phi) is 6.83. The molecule has 0 spiro atoms. The van der Waals surface area contributed by atoms with Gasteiger partial charge < -0.3 is 10.4 Å². The average Bonchev–Trinajstić information content (AvgIpc) is 3.15. The summed E-state index contributed by atoms with van der Waals surface area (Å²) in [5, 5.41) is 13.6. The zero-order chi connectivity index (χ0) is 25.9. The van der Waals surface area contributed by atoms with Crippen LogP contribution in [-0.2, 0) is 6.54 Å². The van der Waals surface area contributed by atoms with Gasteiger partial charge in [-0.05, 0) is 67.9 Å². The van der Waals surface area contributed by atoms with Crippen molar-refractivity contribution in [3.05, 3.63) is 107 Å². The highest BCUT2D eigenvalue weighted by atomic mass is 32.2. The Morgan fingerprint density at radius 1 is 1.03 bits per heavy atom. The number of anilines is 1. The van der Waals surface area contributed by atoms with Crippen molar-refractivity contribution in [1.82, 2.24) is 14.3 Å². The van der Waals surface area contributed by atoms with E-state index < -0.39 is 5.91 Å². The lowest BCUT2D eigenvalue weighted by Crippen LogP contribution is -2.25. The number of benzene rings is 3. The van der Waals surface area contributed by atoms with Crippen molar-refractivity contribution in [1.29, 1.82) is 0 Å². The van der Waals surface area contributed by atoms with Crippen LogP contribution in [0.5, 0.6) is 5.75 Å². The maximum Gasteiger partial charge on any atom is 0.284 e. The molecule has 8 heteroatoms. The van der Waals surface area contributed by atoms with Crippen LogP contribution in [-0.4, -0.2) is 25.4 Å². The number of carbonyl (C=O) groups is 1. The van der Waals surface area contributed by atoms with Crippen LogP contribution in [0.1, 0.15) is 29.4 Å². The number of amides is 1. The molecule has 0 radical (unpaired) electrons. The van der Waals surface area contributed by atoms with Crippen molar-refractivity contribution in [2.75, 3.05) is 5.32 Å². The van der Waals surface area contributed by atoms with Crippen molar-refractivity contribution in [3.8, 4) is 11.4 Å². The highest BCUT2D eigenvalue weighted by Gasteiger charge is 2.23. The molecule has 0 aliphatic rings. The predicted molar refractivity (Wildman–Crippen MR) is 147 cm³/mol. The number of carbonyl (C=O) groups excluding carboxylic acids is 1. The minimum absolute atomic E-state index is 0.141. The summed E-state index contributed by atoms with van der Waals surface area (Å²) >= 11 is 1.57. The Bertz CT molecular complexity index is 1640. The molecule has 0 bridgehead atoms. The number of hydrogen-bond donors (Lipinski definition) is 2. The normalized spacial score (nSPS) is 11.1. The minimum Gasteiger partial charge on any atom is -0.508 e. The standard InChI is InChI=1S/C29H26N4O3S/c1-3-17-32-19(2)27(29(36)33(32)21-7-5-4-6-8-21)28(35)31-20-9-12-23(13-10-20)37-26-15-16-30-25-18-22(34)11-14-24(25)26/h4-16,18,34H,3,17H2,1-2H3,(H,31,35). The van der Waals surface area contributed by atoms with E-state index in [1.54, 1.807) is 34.8 Å². The molecule has 0 unspecified atom stereocenters. The zero-order valence-corrected chi connectivity index (χ0v) is 21.3. The lowest BCUT2D eigenvalue weighted by molar-refractivity contribution is 0.102. The Hall–Kier alpha value is -4.30. The number of pyridine rings is 1. The van der Waals surface area contributed by atoms with Gasteiger partial charge in [0.05, 0.1) is 16.9 Å². The first-order chi connectivity index (χ1) is 18.0. The largest absolute Gasteiger partial charge is 0.508 e. The Morgan fingerprint density at radius 3 is 2.51 bits per heavy atom. The number of nitrogens with one attached hydrogen (secondary N) is 1. The minimum atomic E-state index is -0.428. The van der Waals surface area contributed by atoms with Crippen LogP contribution < -0.4 is 10.9 Å². The van der Waals surface area contributed by atoms with Gasteiger partial charge in [-0.15, -0.1) is 0 Å². The molecule has 5 rings (SSSR count). The lowest BCUT2D eigenvalue weighted by Gasteiger charge is -2.12. The molecule has 0 aliphatic carbocycles. The summed E-state index contributed by atoms with van der Waals surface area (Å²) in [6, 6.07) is 23.9. The van der Waals surface area contributed by atoms with Crippen molar-refractivity contribution in [3.63, 3.8) is 0 Å². The first-order valence-corrected chi connectivity index (χ1v) is 12.8. The van der Waals surface area contributed by atoms with E-state index in [0.717, 1.165) is 32.8 Å². The third kappa shape index (κ3) is 4.88. The molecule has 3 aromatic carbocycles. The smallest absolute Gasteiger partial charge is 0.284 e. The number of fused-ring (bicyclic) bond motifs is 1. The summed E-state index contributed by atoms with van der Waals surface area (Å²) in [5.41, 5.74) is 2.49. The quantitative estimate of drug-likeness (QED) is 0.280. The third-order valence-electron chi connectivity index (χ3n) is 6.09. The molecular weight excluding hydrogens is 484 g/mol. The molecule has 0 saturated heterocycles. The molecule has 0 atom stereocenters. The fourth-order valence-electron chi connectivity index (χ4n) is 4.34. The van der Waals surface area contributed by atoms with Crippen molar-refractivity contribution < 1.29 is 9.90 Å². The van der Waals surface area contributed by atoms with Crippen LogP contribution in [0.3, 0.4) is 0 Å². The summed E-state index contributed by atoms with van der Waals surface area (Å²) in [6.07, 6.45) is 2.55. The summed E-state index contributed by atoms with van der Waals surface area (Å²) in [4.78, 5) is 32.9. The molecule has 1 amide bonds. The highest BCUT2D eigenvalue weighted by Crippen LogP contribution is 2.34. The summed E-state index contributed by atoms with van der Waals surface area (Å²) in [7, 11) is 0.